The molecule has 3 heterocycles. The molecule has 37 heavy (non-hydrogen) atoms. The van der Waals surface area contributed by atoms with Crippen molar-refractivity contribution in [2.45, 2.75) is 24.2 Å². The van der Waals surface area contributed by atoms with Crippen LogP contribution in [0.5, 0.6) is 0 Å². The van der Waals surface area contributed by atoms with Gasteiger partial charge in [0, 0.05) is 45.1 Å². The molecule has 0 amide bonds. The zero-order chi connectivity index (χ0) is 25.8. The van der Waals surface area contributed by atoms with Crippen LogP contribution in [0.15, 0.2) is 65.8 Å². The second-order valence-corrected chi connectivity index (χ2v) is 11.4. The first kappa shape index (κ1) is 25.3. The average Bonchev–Trinajstić information content (AvgIpc) is 3.46. The molecular formula is C27H31N5O4S. The van der Waals surface area contributed by atoms with E-state index in [2.05, 4.69) is 39.1 Å². The maximum atomic E-state index is 13.3. The number of aromatic carboxylic acids is 1. The third kappa shape index (κ3) is 5.82. The van der Waals surface area contributed by atoms with Crippen molar-refractivity contribution in [2.75, 3.05) is 50.7 Å². The number of aromatic nitrogens is 2. The number of nitrogens with zero attached hydrogens (tertiary/aromatic N) is 5. The van der Waals surface area contributed by atoms with Crippen LogP contribution in [0.4, 0.5) is 5.95 Å². The first-order valence-corrected chi connectivity index (χ1v) is 14.1. The molecule has 1 N–H and O–H groups in total. The van der Waals surface area contributed by atoms with Gasteiger partial charge in [0.25, 0.3) is 0 Å². The highest BCUT2D eigenvalue weighted by Gasteiger charge is 2.29. The Morgan fingerprint density at radius 3 is 2.19 bits per heavy atom. The number of likely N-dealkylation sites (tertiary alicyclic amines) is 1. The van der Waals surface area contributed by atoms with Crippen LogP contribution in [0, 0.1) is 0 Å². The van der Waals surface area contributed by atoms with E-state index >= 15 is 0 Å². The maximum absolute atomic E-state index is 13.3. The van der Waals surface area contributed by atoms with Gasteiger partial charge in [-0.15, -0.1) is 0 Å². The maximum Gasteiger partial charge on any atom is 0.338 e. The minimum absolute atomic E-state index is 0.0159. The topological polar surface area (TPSA) is 107 Å². The minimum Gasteiger partial charge on any atom is -0.478 e. The second-order valence-electron chi connectivity index (χ2n) is 9.49. The SMILES string of the molecule is O=C(O)c1cnc(N2CCN(S(=O)(=O)c3ccc(-c4cccc(CCN5CCCC5)c4)cc3)CC2)nc1. The Hall–Kier alpha value is -3.34. The number of hydrogen-bond acceptors (Lipinski definition) is 7. The van der Waals surface area contributed by atoms with E-state index in [0.29, 0.717) is 32.1 Å². The van der Waals surface area contributed by atoms with E-state index in [1.807, 2.05) is 17.0 Å². The molecule has 194 valence electrons. The van der Waals surface area contributed by atoms with Gasteiger partial charge in [0.15, 0.2) is 0 Å². The summed E-state index contributed by atoms with van der Waals surface area (Å²) in [5.74, 6) is -0.687. The molecular weight excluding hydrogens is 490 g/mol. The Kier molecular flexibility index (Phi) is 7.50. The molecule has 0 spiro atoms. The van der Waals surface area contributed by atoms with Crippen molar-refractivity contribution in [1.29, 1.82) is 0 Å². The second kappa shape index (κ2) is 11.0. The van der Waals surface area contributed by atoms with Gasteiger partial charge in [-0.05, 0) is 61.2 Å². The van der Waals surface area contributed by atoms with Gasteiger partial charge in [-0.1, -0.05) is 36.4 Å². The highest BCUT2D eigenvalue weighted by molar-refractivity contribution is 7.89. The van der Waals surface area contributed by atoms with Gasteiger partial charge in [-0.25, -0.2) is 23.2 Å². The summed E-state index contributed by atoms with van der Waals surface area (Å²) in [5, 5.41) is 9.00. The third-order valence-electron chi connectivity index (χ3n) is 7.07. The summed E-state index contributed by atoms with van der Waals surface area (Å²) >= 11 is 0. The molecule has 0 bridgehead atoms. The van der Waals surface area contributed by atoms with Crippen LogP contribution in [-0.4, -0.2) is 84.5 Å². The molecule has 0 aliphatic carbocycles. The van der Waals surface area contributed by atoms with E-state index in [0.717, 1.165) is 24.1 Å². The van der Waals surface area contributed by atoms with Crippen molar-refractivity contribution >= 4 is 21.9 Å². The molecule has 1 aromatic heterocycles. The summed E-state index contributed by atoms with van der Waals surface area (Å²) in [5.41, 5.74) is 3.39. The fourth-order valence-electron chi connectivity index (χ4n) is 4.89. The van der Waals surface area contributed by atoms with Crippen LogP contribution in [0.25, 0.3) is 11.1 Å². The van der Waals surface area contributed by atoms with Gasteiger partial charge in [-0.3, -0.25) is 0 Å². The number of rotatable bonds is 8. The summed E-state index contributed by atoms with van der Waals surface area (Å²) in [6, 6.07) is 15.6. The van der Waals surface area contributed by atoms with Crippen molar-refractivity contribution in [3.8, 4) is 11.1 Å². The lowest BCUT2D eigenvalue weighted by atomic mass is 10.0. The van der Waals surface area contributed by atoms with E-state index in [-0.39, 0.29) is 10.5 Å². The van der Waals surface area contributed by atoms with Crippen molar-refractivity contribution in [1.82, 2.24) is 19.2 Å². The van der Waals surface area contributed by atoms with Crippen LogP contribution in [-0.2, 0) is 16.4 Å². The van der Waals surface area contributed by atoms with Crippen LogP contribution >= 0.6 is 0 Å². The van der Waals surface area contributed by atoms with Crippen molar-refractivity contribution < 1.29 is 18.3 Å². The van der Waals surface area contributed by atoms with Crippen LogP contribution in [0.3, 0.4) is 0 Å². The van der Waals surface area contributed by atoms with Gasteiger partial charge in [-0.2, -0.15) is 4.31 Å². The number of carbonyl (C=O) groups is 1. The van der Waals surface area contributed by atoms with E-state index in [1.165, 1.54) is 48.2 Å². The smallest absolute Gasteiger partial charge is 0.338 e. The van der Waals surface area contributed by atoms with Crippen LogP contribution in [0.2, 0.25) is 0 Å². The van der Waals surface area contributed by atoms with E-state index in [9.17, 15) is 13.2 Å². The summed E-state index contributed by atoms with van der Waals surface area (Å²) in [6.45, 7) is 4.91. The predicted octanol–water partition coefficient (Wildman–Crippen LogP) is 2.99. The fraction of sp³-hybridized carbons (Fsp3) is 0.370. The van der Waals surface area contributed by atoms with Crippen LogP contribution in [0.1, 0.15) is 28.8 Å². The first-order valence-electron chi connectivity index (χ1n) is 12.6. The van der Waals surface area contributed by atoms with E-state index in [1.54, 1.807) is 12.1 Å². The van der Waals surface area contributed by atoms with Crippen molar-refractivity contribution in [3.63, 3.8) is 0 Å². The normalized spacial score (nSPS) is 17.2. The summed E-state index contributed by atoms with van der Waals surface area (Å²) < 4.78 is 28.0. The lowest BCUT2D eigenvalue weighted by molar-refractivity contribution is 0.0696. The average molecular weight is 522 g/mol. The molecule has 2 fully saturated rings. The van der Waals surface area contributed by atoms with E-state index in [4.69, 9.17) is 5.11 Å². The third-order valence-corrected chi connectivity index (χ3v) is 8.99. The number of sulfonamides is 1. The number of benzene rings is 2. The monoisotopic (exact) mass is 521 g/mol. The van der Waals surface area contributed by atoms with Crippen LogP contribution < -0.4 is 4.90 Å². The van der Waals surface area contributed by atoms with E-state index < -0.39 is 16.0 Å². The Bertz CT molecular complexity index is 1330. The lowest BCUT2D eigenvalue weighted by Crippen LogP contribution is -2.49. The highest BCUT2D eigenvalue weighted by atomic mass is 32.2. The highest BCUT2D eigenvalue weighted by Crippen LogP contribution is 2.25. The molecule has 2 aliphatic heterocycles. The van der Waals surface area contributed by atoms with Gasteiger partial charge in [0.05, 0.1) is 10.5 Å². The molecule has 3 aromatic rings. The Morgan fingerprint density at radius 1 is 0.865 bits per heavy atom. The quantitative estimate of drug-likeness (QED) is 0.482. The summed E-state index contributed by atoms with van der Waals surface area (Å²) in [6.07, 6.45) is 6.13. The predicted molar refractivity (Wildman–Crippen MR) is 141 cm³/mol. The molecule has 0 unspecified atom stereocenters. The Labute approximate surface area is 217 Å². The van der Waals surface area contributed by atoms with Gasteiger partial charge in [0.2, 0.25) is 16.0 Å². The van der Waals surface area contributed by atoms with Gasteiger partial charge >= 0.3 is 5.97 Å². The minimum atomic E-state index is -3.63. The molecule has 2 aliphatic rings. The number of carboxylic acid groups (broad SMARTS) is 1. The van der Waals surface area contributed by atoms with Crippen molar-refractivity contribution in [3.05, 3.63) is 72.1 Å². The zero-order valence-electron chi connectivity index (χ0n) is 20.7. The molecule has 9 nitrogen and oxygen atoms in total. The molecule has 2 aromatic carbocycles. The number of piperazine rings is 1. The molecule has 5 rings (SSSR count). The van der Waals surface area contributed by atoms with Gasteiger partial charge in [0.1, 0.15) is 0 Å². The number of anilines is 1. The fourth-order valence-corrected chi connectivity index (χ4v) is 6.31. The summed E-state index contributed by atoms with van der Waals surface area (Å²) in [7, 11) is -3.63. The first-order chi connectivity index (χ1) is 17.9. The molecule has 2 saturated heterocycles. The van der Waals surface area contributed by atoms with Gasteiger partial charge < -0.3 is 14.9 Å². The summed E-state index contributed by atoms with van der Waals surface area (Å²) in [4.78, 5) is 23.9. The molecule has 0 atom stereocenters. The number of carboxylic acids is 1. The Balaban J connectivity index is 1.21. The standard InChI is InChI=1S/C27H31N5O4S/c33-26(34)24-19-28-27(29-20-24)31-14-16-32(17-15-31)37(35,36)25-8-6-22(7-9-25)23-5-3-4-21(18-23)10-13-30-11-1-2-12-30/h3-9,18-20H,1-2,10-17H2,(H,33,34). The Morgan fingerprint density at radius 2 is 1.54 bits per heavy atom. The number of hydrogen-bond donors (Lipinski definition) is 1. The zero-order valence-corrected chi connectivity index (χ0v) is 21.5. The molecule has 0 radical (unpaired) electrons. The lowest BCUT2D eigenvalue weighted by Gasteiger charge is -2.33. The molecule has 0 saturated carbocycles. The van der Waals surface area contributed by atoms with Crippen molar-refractivity contribution in [2.24, 2.45) is 0 Å². The largest absolute Gasteiger partial charge is 0.478 e. The molecule has 10 heteroatoms.